The Hall–Kier alpha value is -2.05. The van der Waals surface area contributed by atoms with Crippen LogP contribution in [0.5, 0.6) is 5.75 Å². The predicted molar refractivity (Wildman–Crippen MR) is 81.0 cm³/mol. The van der Waals surface area contributed by atoms with E-state index >= 15 is 0 Å². The van der Waals surface area contributed by atoms with Crippen molar-refractivity contribution < 1.29 is 18.3 Å². The van der Waals surface area contributed by atoms with Gasteiger partial charge in [0.1, 0.15) is 12.4 Å². The van der Waals surface area contributed by atoms with Gasteiger partial charge in [-0.2, -0.15) is 0 Å². The van der Waals surface area contributed by atoms with Gasteiger partial charge in [-0.3, -0.25) is 4.72 Å². The topological polar surface area (TPSA) is 75.6 Å². The maximum Gasteiger partial charge on any atom is 0.261 e. The Balaban J connectivity index is 2.11. The number of nitrogens with one attached hydrogen (secondary N) is 1. The number of benzene rings is 2. The van der Waals surface area contributed by atoms with Gasteiger partial charge in [0.2, 0.25) is 0 Å². The fourth-order valence-corrected chi connectivity index (χ4v) is 2.77. The first-order chi connectivity index (χ1) is 10.0. The van der Waals surface area contributed by atoms with E-state index in [9.17, 15) is 8.42 Å². The lowest BCUT2D eigenvalue weighted by Gasteiger charge is -2.09. The van der Waals surface area contributed by atoms with Crippen molar-refractivity contribution in [3.05, 3.63) is 54.1 Å². The first-order valence-electron chi connectivity index (χ1n) is 6.44. The van der Waals surface area contributed by atoms with Gasteiger partial charge in [-0.05, 0) is 43.3 Å². The average Bonchev–Trinajstić information content (AvgIpc) is 2.47. The molecule has 6 heteroatoms. The standard InChI is InChI=1S/C15H17NO4S/c1-12-2-8-15(9-3-12)21(18,19)16-13-4-6-14(7-5-13)20-11-10-17/h2-9,16-17H,10-11H2,1H3. The molecule has 2 aromatic rings. The summed E-state index contributed by atoms with van der Waals surface area (Å²) in [6.45, 7) is 2.03. The van der Waals surface area contributed by atoms with E-state index in [1.807, 2.05) is 6.92 Å². The molecule has 112 valence electrons. The summed E-state index contributed by atoms with van der Waals surface area (Å²) in [5, 5.41) is 8.66. The fourth-order valence-electron chi connectivity index (χ4n) is 1.71. The van der Waals surface area contributed by atoms with Gasteiger partial charge in [-0.25, -0.2) is 8.42 Å². The molecule has 0 aliphatic heterocycles. The van der Waals surface area contributed by atoms with Crippen molar-refractivity contribution in [2.75, 3.05) is 17.9 Å². The van der Waals surface area contributed by atoms with Crippen molar-refractivity contribution >= 4 is 15.7 Å². The predicted octanol–water partition coefficient (Wildman–Crippen LogP) is 2.17. The lowest BCUT2D eigenvalue weighted by molar-refractivity contribution is 0.201. The van der Waals surface area contributed by atoms with E-state index in [1.54, 1.807) is 48.5 Å². The number of hydrogen-bond acceptors (Lipinski definition) is 4. The highest BCUT2D eigenvalue weighted by Gasteiger charge is 2.13. The molecule has 0 aliphatic rings. The molecule has 0 heterocycles. The van der Waals surface area contributed by atoms with Crippen LogP contribution < -0.4 is 9.46 Å². The summed E-state index contributed by atoms with van der Waals surface area (Å²) in [6, 6.07) is 13.1. The number of ether oxygens (including phenoxy) is 1. The quantitative estimate of drug-likeness (QED) is 0.857. The van der Waals surface area contributed by atoms with Crippen LogP contribution in [-0.2, 0) is 10.0 Å². The Labute approximate surface area is 124 Å². The second kappa shape index (κ2) is 6.60. The van der Waals surface area contributed by atoms with E-state index in [2.05, 4.69) is 4.72 Å². The number of aryl methyl sites for hydroxylation is 1. The van der Waals surface area contributed by atoms with Crippen molar-refractivity contribution in [1.82, 2.24) is 0 Å². The van der Waals surface area contributed by atoms with Crippen LogP contribution >= 0.6 is 0 Å². The lowest BCUT2D eigenvalue weighted by atomic mass is 10.2. The van der Waals surface area contributed by atoms with Crippen molar-refractivity contribution in [3.8, 4) is 5.75 Å². The van der Waals surface area contributed by atoms with Crippen molar-refractivity contribution in [2.45, 2.75) is 11.8 Å². The van der Waals surface area contributed by atoms with Crippen LogP contribution in [0.1, 0.15) is 5.56 Å². The first-order valence-corrected chi connectivity index (χ1v) is 7.93. The molecule has 21 heavy (non-hydrogen) atoms. The van der Waals surface area contributed by atoms with Crippen LogP contribution in [0, 0.1) is 6.92 Å². The van der Waals surface area contributed by atoms with Crippen molar-refractivity contribution in [1.29, 1.82) is 0 Å². The molecule has 0 atom stereocenters. The molecule has 2 rings (SSSR count). The molecule has 2 aromatic carbocycles. The van der Waals surface area contributed by atoms with Gasteiger partial charge in [0, 0.05) is 5.69 Å². The number of rotatable bonds is 6. The molecule has 2 N–H and O–H groups in total. The SMILES string of the molecule is Cc1ccc(S(=O)(=O)Nc2ccc(OCCO)cc2)cc1. The number of anilines is 1. The molecule has 0 aromatic heterocycles. The highest BCUT2D eigenvalue weighted by atomic mass is 32.2. The molecule has 0 unspecified atom stereocenters. The minimum absolute atomic E-state index is 0.0677. The Bertz CT molecular complexity index is 679. The molecular formula is C15H17NO4S. The molecule has 0 spiro atoms. The van der Waals surface area contributed by atoms with Crippen LogP contribution in [0.4, 0.5) is 5.69 Å². The minimum atomic E-state index is -3.59. The fraction of sp³-hybridized carbons (Fsp3) is 0.200. The van der Waals surface area contributed by atoms with Gasteiger partial charge in [0.25, 0.3) is 10.0 Å². The van der Waals surface area contributed by atoms with Gasteiger partial charge < -0.3 is 9.84 Å². The maximum absolute atomic E-state index is 12.2. The third-order valence-electron chi connectivity index (χ3n) is 2.80. The van der Waals surface area contributed by atoms with Gasteiger partial charge in [0.15, 0.2) is 0 Å². The zero-order valence-corrected chi connectivity index (χ0v) is 12.4. The molecular weight excluding hydrogens is 290 g/mol. The molecule has 0 saturated heterocycles. The Morgan fingerprint density at radius 1 is 1.05 bits per heavy atom. The highest BCUT2D eigenvalue weighted by Crippen LogP contribution is 2.19. The summed E-state index contributed by atoms with van der Waals surface area (Å²) in [5.41, 5.74) is 1.45. The van der Waals surface area contributed by atoms with Gasteiger partial charge >= 0.3 is 0 Å². The van der Waals surface area contributed by atoms with Crippen LogP contribution in [0.15, 0.2) is 53.4 Å². The van der Waals surface area contributed by atoms with Crippen LogP contribution in [0.2, 0.25) is 0 Å². The van der Waals surface area contributed by atoms with Crippen molar-refractivity contribution in [2.24, 2.45) is 0 Å². The summed E-state index contributed by atoms with van der Waals surface area (Å²) >= 11 is 0. The number of aliphatic hydroxyl groups excluding tert-OH is 1. The van der Waals surface area contributed by atoms with Crippen molar-refractivity contribution in [3.63, 3.8) is 0 Å². The molecule has 0 radical (unpaired) electrons. The van der Waals surface area contributed by atoms with Crippen LogP contribution in [0.3, 0.4) is 0 Å². The normalized spacial score (nSPS) is 11.1. The zero-order valence-electron chi connectivity index (χ0n) is 11.6. The van der Waals surface area contributed by atoms with Gasteiger partial charge in [-0.1, -0.05) is 17.7 Å². The second-order valence-corrected chi connectivity index (χ2v) is 6.20. The van der Waals surface area contributed by atoms with Crippen LogP contribution in [-0.4, -0.2) is 26.7 Å². The molecule has 0 bridgehead atoms. The second-order valence-electron chi connectivity index (χ2n) is 4.51. The number of aliphatic hydroxyl groups is 1. The molecule has 0 aliphatic carbocycles. The first kappa shape index (κ1) is 15.3. The largest absolute Gasteiger partial charge is 0.491 e. The Morgan fingerprint density at radius 3 is 2.24 bits per heavy atom. The van der Waals surface area contributed by atoms with E-state index in [-0.39, 0.29) is 18.1 Å². The Kier molecular flexibility index (Phi) is 4.82. The van der Waals surface area contributed by atoms with E-state index in [0.717, 1.165) is 5.56 Å². The Morgan fingerprint density at radius 2 is 1.67 bits per heavy atom. The summed E-state index contributed by atoms with van der Waals surface area (Å²) in [5.74, 6) is 0.572. The third kappa shape index (κ3) is 4.21. The summed E-state index contributed by atoms with van der Waals surface area (Å²) in [7, 11) is -3.59. The maximum atomic E-state index is 12.2. The minimum Gasteiger partial charge on any atom is -0.491 e. The molecule has 5 nitrogen and oxygen atoms in total. The molecule has 0 amide bonds. The van der Waals surface area contributed by atoms with Gasteiger partial charge in [0.05, 0.1) is 11.5 Å². The average molecular weight is 307 g/mol. The van der Waals surface area contributed by atoms with E-state index in [0.29, 0.717) is 11.4 Å². The summed E-state index contributed by atoms with van der Waals surface area (Å²) in [4.78, 5) is 0.216. The number of hydrogen-bond donors (Lipinski definition) is 2. The van der Waals surface area contributed by atoms with Gasteiger partial charge in [-0.15, -0.1) is 0 Å². The monoisotopic (exact) mass is 307 g/mol. The summed E-state index contributed by atoms with van der Waals surface area (Å²) < 4.78 is 32.1. The summed E-state index contributed by atoms with van der Waals surface area (Å²) in [6.07, 6.45) is 0. The third-order valence-corrected chi connectivity index (χ3v) is 4.20. The van der Waals surface area contributed by atoms with E-state index < -0.39 is 10.0 Å². The zero-order chi connectivity index (χ0) is 15.3. The lowest BCUT2D eigenvalue weighted by Crippen LogP contribution is -2.12. The molecule has 0 saturated carbocycles. The van der Waals surface area contributed by atoms with E-state index in [4.69, 9.17) is 9.84 Å². The van der Waals surface area contributed by atoms with Crippen LogP contribution in [0.25, 0.3) is 0 Å². The molecule has 0 fully saturated rings. The number of sulfonamides is 1. The smallest absolute Gasteiger partial charge is 0.261 e. The van der Waals surface area contributed by atoms with E-state index in [1.165, 1.54) is 0 Å². The highest BCUT2D eigenvalue weighted by molar-refractivity contribution is 7.92.